The topological polar surface area (TPSA) is 139 Å². The van der Waals surface area contributed by atoms with Crippen molar-refractivity contribution in [1.29, 1.82) is 0 Å². The van der Waals surface area contributed by atoms with Gasteiger partial charge in [0.2, 0.25) is 5.91 Å². The van der Waals surface area contributed by atoms with Gasteiger partial charge in [0.05, 0.1) is 31.5 Å². The van der Waals surface area contributed by atoms with Crippen molar-refractivity contribution in [1.82, 2.24) is 20.1 Å². The van der Waals surface area contributed by atoms with Crippen LogP contribution in [0.4, 0.5) is 0 Å². The molecule has 42 heavy (non-hydrogen) atoms. The lowest BCUT2D eigenvalue weighted by molar-refractivity contribution is -0.125. The molecule has 0 bridgehead atoms. The Labute approximate surface area is 248 Å². The number of hydrogen-bond acceptors (Lipinski definition) is 8. The quantitative estimate of drug-likeness (QED) is 0.243. The highest BCUT2D eigenvalue weighted by Gasteiger charge is 2.30. The molecular weight excluding hydrogens is 557 g/mol. The summed E-state index contributed by atoms with van der Waals surface area (Å²) in [6, 6.07) is 19.0. The van der Waals surface area contributed by atoms with Crippen LogP contribution in [-0.4, -0.2) is 63.0 Å². The van der Waals surface area contributed by atoms with E-state index in [1.807, 2.05) is 41.8 Å². The third-order valence-corrected chi connectivity index (χ3v) is 7.33. The second kappa shape index (κ2) is 12.7. The van der Waals surface area contributed by atoms with E-state index < -0.39 is 13.2 Å². The molecule has 4 aromatic rings. The Morgan fingerprint density at radius 3 is 2.48 bits per heavy atom. The third kappa shape index (κ3) is 6.43. The average molecular weight is 586 g/mol. The van der Waals surface area contributed by atoms with Crippen LogP contribution < -0.4 is 15.5 Å². The number of methoxy groups -OCH3 is 1. The predicted molar refractivity (Wildman–Crippen MR) is 160 cm³/mol. The maximum atomic E-state index is 13.1. The molecule has 214 valence electrons. The molecular formula is C30H29BClN5O5. The van der Waals surface area contributed by atoms with Crippen LogP contribution >= 0.6 is 11.6 Å². The molecule has 0 spiro atoms. The van der Waals surface area contributed by atoms with Gasteiger partial charge in [0, 0.05) is 22.6 Å². The number of amides is 1. The lowest BCUT2D eigenvalue weighted by Crippen LogP contribution is -2.31. The Morgan fingerprint density at radius 1 is 1.05 bits per heavy atom. The van der Waals surface area contributed by atoms with E-state index in [1.54, 1.807) is 43.5 Å². The summed E-state index contributed by atoms with van der Waals surface area (Å²) in [7, 11) is 0.0604. The highest BCUT2D eigenvalue weighted by atomic mass is 35.5. The number of ether oxygens (including phenoxy) is 1. The number of Topliss-reactive ketones (excluding diaryl/α,β-unsaturated/α-hetero) is 1. The maximum Gasteiger partial charge on any atom is 0.488 e. The Morgan fingerprint density at radius 2 is 1.79 bits per heavy atom. The van der Waals surface area contributed by atoms with Gasteiger partial charge in [0.1, 0.15) is 17.6 Å². The number of benzene rings is 3. The summed E-state index contributed by atoms with van der Waals surface area (Å²) in [5, 5.41) is 30.4. The van der Waals surface area contributed by atoms with E-state index in [0.717, 1.165) is 22.4 Å². The fourth-order valence-electron chi connectivity index (χ4n) is 4.85. The van der Waals surface area contributed by atoms with Gasteiger partial charge in [-0.1, -0.05) is 48.0 Å². The van der Waals surface area contributed by atoms with Crippen molar-refractivity contribution in [3.63, 3.8) is 0 Å². The van der Waals surface area contributed by atoms with Gasteiger partial charge in [0.25, 0.3) is 0 Å². The van der Waals surface area contributed by atoms with Crippen molar-refractivity contribution >= 4 is 41.6 Å². The molecule has 0 saturated carbocycles. The Balaban J connectivity index is 1.34. The molecule has 2 heterocycles. The molecule has 12 heteroatoms. The second-order valence-corrected chi connectivity index (χ2v) is 10.4. The fraction of sp³-hybridized carbons (Fsp3) is 0.233. The molecule has 3 N–H and O–H groups in total. The molecule has 0 saturated heterocycles. The van der Waals surface area contributed by atoms with Crippen molar-refractivity contribution in [3.8, 4) is 11.4 Å². The third-order valence-electron chi connectivity index (χ3n) is 7.08. The molecule has 5 rings (SSSR count). The largest absolute Gasteiger partial charge is 0.497 e. The highest BCUT2D eigenvalue weighted by molar-refractivity contribution is 6.58. The number of aryl methyl sites for hydroxylation is 2. The molecule has 1 aromatic heterocycles. The molecule has 0 fully saturated rings. The van der Waals surface area contributed by atoms with Crippen molar-refractivity contribution in [3.05, 3.63) is 100 Å². The standard InChI is InChI=1S/C30H29BClN5O5/c1-18-35-36-30-26(16-28(39)33-17-23(38)12-5-19-3-8-21(9-4-19)31(40)41)34-29(20-6-10-22(32)11-7-20)25-15-24(42-2)13-14-27(25)37(18)30/h3-4,6-11,13-15,26,40-41H,5,12,16-17H2,1-2H3,(H,33,39)/t26-/m0/s1. The Hall–Kier alpha value is -4.32. The number of rotatable bonds is 10. The van der Waals surface area contributed by atoms with E-state index in [-0.39, 0.29) is 31.1 Å². The number of aliphatic imine (C=N–C) groups is 1. The number of aromatic nitrogens is 3. The molecule has 0 aliphatic carbocycles. The van der Waals surface area contributed by atoms with Gasteiger partial charge in [-0.05, 0) is 54.7 Å². The van der Waals surface area contributed by atoms with Crippen LogP contribution in [0.2, 0.25) is 5.02 Å². The van der Waals surface area contributed by atoms with E-state index in [9.17, 15) is 19.6 Å². The van der Waals surface area contributed by atoms with E-state index in [4.69, 9.17) is 21.3 Å². The van der Waals surface area contributed by atoms with Crippen LogP contribution in [0.5, 0.6) is 5.75 Å². The van der Waals surface area contributed by atoms with Gasteiger partial charge in [-0.25, -0.2) is 0 Å². The fourth-order valence-corrected chi connectivity index (χ4v) is 4.98. The summed E-state index contributed by atoms with van der Waals surface area (Å²) in [5.74, 6) is 1.34. The number of halogens is 1. The first-order valence-corrected chi connectivity index (χ1v) is 13.8. The molecule has 3 aromatic carbocycles. The van der Waals surface area contributed by atoms with Gasteiger partial charge in [0.15, 0.2) is 11.6 Å². The van der Waals surface area contributed by atoms with E-state index in [2.05, 4.69) is 15.5 Å². The van der Waals surface area contributed by atoms with Crippen LogP contribution in [0, 0.1) is 6.92 Å². The lowest BCUT2D eigenvalue weighted by atomic mass is 9.80. The zero-order chi connectivity index (χ0) is 29.8. The zero-order valence-corrected chi connectivity index (χ0v) is 23.9. The predicted octanol–water partition coefficient (Wildman–Crippen LogP) is 2.52. The number of carbonyl (C=O) groups is 2. The van der Waals surface area contributed by atoms with Crippen molar-refractivity contribution < 1.29 is 24.4 Å². The van der Waals surface area contributed by atoms with E-state index in [1.165, 1.54) is 0 Å². The SMILES string of the molecule is COc1ccc2c(c1)C(c1ccc(Cl)cc1)=N[C@@H](CC(=O)NCC(=O)CCc1ccc(B(O)O)cc1)c1nnc(C)n1-2. The summed E-state index contributed by atoms with van der Waals surface area (Å²) in [6.07, 6.45) is 0.658. The minimum Gasteiger partial charge on any atom is -0.497 e. The highest BCUT2D eigenvalue weighted by Crippen LogP contribution is 2.34. The zero-order valence-electron chi connectivity index (χ0n) is 23.1. The Kier molecular flexibility index (Phi) is 8.82. The van der Waals surface area contributed by atoms with Crippen LogP contribution in [0.3, 0.4) is 0 Å². The molecule has 1 aliphatic heterocycles. The van der Waals surface area contributed by atoms with Crippen molar-refractivity contribution in [2.75, 3.05) is 13.7 Å². The first-order valence-electron chi connectivity index (χ1n) is 13.4. The minimum absolute atomic E-state index is 0.0431. The van der Waals surface area contributed by atoms with Crippen molar-refractivity contribution in [2.24, 2.45) is 4.99 Å². The number of fused-ring (bicyclic) bond motifs is 3. The van der Waals surface area contributed by atoms with Crippen LogP contribution in [-0.2, 0) is 16.0 Å². The number of carbonyl (C=O) groups excluding carboxylic acids is 2. The summed E-state index contributed by atoms with van der Waals surface area (Å²) in [4.78, 5) is 30.7. The summed E-state index contributed by atoms with van der Waals surface area (Å²) in [6.45, 7) is 1.73. The maximum absolute atomic E-state index is 13.1. The number of nitrogens with one attached hydrogen (secondary N) is 1. The van der Waals surface area contributed by atoms with E-state index >= 15 is 0 Å². The van der Waals surface area contributed by atoms with Crippen molar-refractivity contribution in [2.45, 2.75) is 32.2 Å². The summed E-state index contributed by atoms with van der Waals surface area (Å²) >= 11 is 6.16. The normalized spacial score (nSPS) is 13.8. The molecule has 0 radical (unpaired) electrons. The summed E-state index contributed by atoms with van der Waals surface area (Å²) < 4.78 is 7.39. The minimum atomic E-state index is -1.54. The van der Waals surface area contributed by atoms with Gasteiger partial charge >= 0.3 is 7.12 Å². The van der Waals surface area contributed by atoms with Crippen LogP contribution in [0.25, 0.3) is 5.69 Å². The van der Waals surface area contributed by atoms with Gasteiger partial charge in [-0.15, -0.1) is 10.2 Å². The average Bonchev–Trinajstić information content (AvgIpc) is 3.32. The molecule has 1 atom stereocenters. The first kappa shape index (κ1) is 29.2. The van der Waals surface area contributed by atoms with Gasteiger partial charge in [-0.2, -0.15) is 0 Å². The smallest absolute Gasteiger partial charge is 0.488 e. The monoisotopic (exact) mass is 585 g/mol. The molecule has 1 amide bonds. The Bertz CT molecular complexity index is 1640. The number of hydrogen-bond donors (Lipinski definition) is 3. The van der Waals surface area contributed by atoms with E-state index in [0.29, 0.717) is 40.0 Å². The van der Waals surface area contributed by atoms with Crippen LogP contribution in [0.1, 0.15) is 47.2 Å². The van der Waals surface area contributed by atoms with Gasteiger partial charge in [-0.3, -0.25) is 19.1 Å². The number of ketones is 1. The molecule has 1 aliphatic rings. The molecule has 10 nitrogen and oxygen atoms in total. The number of nitrogens with zero attached hydrogens (tertiary/aromatic N) is 4. The first-order chi connectivity index (χ1) is 20.2. The molecule has 0 unspecified atom stereocenters. The van der Waals surface area contributed by atoms with Crippen LogP contribution in [0.15, 0.2) is 71.7 Å². The summed E-state index contributed by atoms with van der Waals surface area (Å²) in [5.41, 5.74) is 4.33. The van der Waals surface area contributed by atoms with Gasteiger partial charge < -0.3 is 20.1 Å². The second-order valence-electron chi connectivity index (χ2n) is 9.96. The lowest BCUT2D eigenvalue weighted by Gasteiger charge is -2.14.